The molecule has 2 aliphatic heterocycles. The molecule has 1 aromatic heterocycles. The fraction of sp³-hybridized carbons (Fsp3) is 0.444. The second-order valence-corrected chi connectivity index (χ2v) is 7.39. The average molecular weight is 359 g/mol. The van der Waals surface area contributed by atoms with E-state index >= 15 is 0 Å². The van der Waals surface area contributed by atoms with E-state index in [-0.39, 0.29) is 18.9 Å². The number of fused-ring (bicyclic) bond motifs is 1. The first-order valence-corrected chi connectivity index (χ1v) is 9.48. The molecule has 0 saturated carbocycles. The summed E-state index contributed by atoms with van der Waals surface area (Å²) in [4.78, 5) is 20.1. The number of anilines is 1. The normalized spacial score (nSPS) is 18.6. The molecule has 25 heavy (non-hydrogen) atoms. The van der Waals surface area contributed by atoms with Crippen LogP contribution in [0.25, 0.3) is 0 Å². The molecule has 7 heteroatoms. The van der Waals surface area contributed by atoms with Gasteiger partial charge in [0.2, 0.25) is 6.79 Å². The predicted octanol–water partition coefficient (Wildman–Crippen LogP) is 4.19. The highest BCUT2D eigenvalue weighted by Crippen LogP contribution is 2.39. The fourth-order valence-corrected chi connectivity index (χ4v) is 4.27. The molecule has 4 rings (SSSR count). The van der Waals surface area contributed by atoms with Gasteiger partial charge in [-0.25, -0.2) is 9.78 Å². The van der Waals surface area contributed by atoms with Gasteiger partial charge >= 0.3 is 6.03 Å². The number of urea groups is 1. The van der Waals surface area contributed by atoms with E-state index < -0.39 is 0 Å². The van der Waals surface area contributed by atoms with Crippen LogP contribution in [-0.2, 0) is 6.42 Å². The Labute approximate surface area is 150 Å². The molecular weight excluding hydrogens is 338 g/mol. The van der Waals surface area contributed by atoms with Crippen molar-refractivity contribution >= 4 is 22.5 Å². The Hall–Kier alpha value is -2.28. The Bertz CT molecular complexity index is 777. The van der Waals surface area contributed by atoms with Crippen molar-refractivity contribution < 1.29 is 14.3 Å². The molecule has 2 aliphatic rings. The molecule has 3 heterocycles. The first-order chi connectivity index (χ1) is 12.2. The zero-order valence-corrected chi connectivity index (χ0v) is 15.0. The van der Waals surface area contributed by atoms with Crippen molar-refractivity contribution in [3.63, 3.8) is 0 Å². The average Bonchev–Trinajstić information content (AvgIpc) is 3.34. The number of hydrogen-bond donors (Lipinski definition) is 1. The van der Waals surface area contributed by atoms with Crippen LogP contribution in [0.4, 0.5) is 9.93 Å². The van der Waals surface area contributed by atoms with E-state index in [1.807, 2.05) is 29.3 Å². The number of aromatic nitrogens is 1. The minimum absolute atomic E-state index is 0.0598. The van der Waals surface area contributed by atoms with Crippen LogP contribution in [0.3, 0.4) is 0 Å². The number of aryl methyl sites for hydroxylation is 1. The number of thiazole rings is 1. The molecule has 0 spiro atoms. The topological polar surface area (TPSA) is 63.7 Å². The summed E-state index contributed by atoms with van der Waals surface area (Å²) >= 11 is 1.55. The van der Waals surface area contributed by atoms with Gasteiger partial charge < -0.3 is 14.4 Å². The number of amides is 2. The van der Waals surface area contributed by atoms with Gasteiger partial charge in [-0.1, -0.05) is 19.4 Å². The third kappa shape index (κ3) is 3.28. The molecule has 1 N–H and O–H groups in total. The Morgan fingerprint density at radius 1 is 1.40 bits per heavy atom. The van der Waals surface area contributed by atoms with Crippen LogP contribution in [-0.4, -0.2) is 29.3 Å². The molecule has 0 bridgehead atoms. The van der Waals surface area contributed by atoms with Crippen LogP contribution in [0, 0.1) is 0 Å². The summed E-state index contributed by atoms with van der Waals surface area (Å²) in [5.74, 6) is 1.53. The zero-order valence-electron chi connectivity index (χ0n) is 14.2. The van der Waals surface area contributed by atoms with Crippen LogP contribution in [0.1, 0.15) is 42.7 Å². The molecule has 132 valence electrons. The lowest BCUT2D eigenvalue weighted by Gasteiger charge is -2.25. The summed E-state index contributed by atoms with van der Waals surface area (Å²) in [5, 5.41) is 3.62. The Morgan fingerprint density at radius 2 is 2.28 bits per heavy atom. The summed E-state index contributed by atoms with van der Waals surface area (Å²) in [6.07, 6.45) is 5.87. The summed E-state index contributed by atoms with van der Waals surface area (Å²) in [7, 11) is 0. The largest absolute Gasteiger partial charge is 0.454 e. The van der Waals surface area contributed by atoms with Crippen LogP contribution in [0.15, 0.2) is 24.4 Å². The van der Waals surface area contributed by atoms with Gasteiger partial charge in [-0.3, -0.25) is 5.32 Å². The summed E-state index contributed by atoms with van der Waals surface area (Å²) < 4.78 is 10.8. The third-order valence-corrected chi connectivity index (χ3v) is 5.53. The summed E-state index contributed by atoms with van der Waals surface area (Å²) in [5.41, 5.74) is 1.09. The predicted molar refractivity (Wildman–Crippen MR) is 96.4 cm³/mol. The van der Waals surface area contributed by atoms with Gasteiger partial charge in [0.1, 0.15) is 0 Å². The molecule has 2 amide bonds. The number of nitrogens with one attached hydrogen (secondary N) is 1. The van der Waals surface area contributed by atoms with Crippen molar-refractivity contribution in [2.24, 2.45) is 0 Å². The maximum absolute atomic E-state index is 12.7. The zero-order chi connectivity index (χ0) is 17.2. The Balaban J connectivity index is 1.47. The number of benzene rings is 1. The second-order valence-electron chi connectivity index (χ2n) is 6.28. The SMILES string of the molecule is CCCc1cnc(NC(=O)N2CCCC2c2ccc3c(c2)OCO3)s1. The molecule has 0 radical (unpaired) electrons. The quantitative estimate of drug-likeness (QED) is 0.889. The lowest BCUT2D eigenvalue weighted by molar-refractivity contribution is 0.173. The Kier molecular flexibility index (Phi) is 4.48. The molecular formula is C18H21N3O3S. The second kappa shape index (κ2) is 6.92. The minimum Gasteiger partial charge on any atom is -0.454 e. The number of carbonyl (C=O) groups is 1. The summed E-state index contributed by atoms with van der Waals surface area (Å²) in [6.45, 7) is 3.15. The Morgan fingerprint density at radius 3 is 3.16 bits per heavy atom. The van der Waals surface area contributed by atoms with E-state index in [2.05, 4.69) is 17.2 Å². The van der Waals surface area contributed by atoms with Crippen LogP contribution < -0.4 is 14.8 Å². The smallest absolute Gasteiger partial charge is 0.324 e. The number of nitrogens with zero attached hydrogens (tertiary/aromatic N) is 2. The van der Waals surface area contributed by atoms with E-state index in [4.69, 9.17) is 9.47 Å². The van der Waals surface area contributed by atoms with E-state index in [1.165, 1.54) is 4.88 Å². The molecule has 1 fully saturated rings. The van der Waals surface area contributed by atoms with Gasteiger partial charge in [-0.2, -0.15) is 0 Å². The third-order valence-electron chi connectivity index (χ3n) is 4.56. The number of rotatable bonds is 4. The standard InChI is InChI=1S/C18H21N3O3S/c1-2-4-13-10-19-17(25-13)20-18(22)21-8-3-5-14(21)12-6-7-15-16(9-12)24-11-23-15/h6-7,9-10,14H,2-5,8,11H2,1H3,(H,19,20,22). The molecule has 2 aromatic rings. The number of ether oxygens (including phenoxy) is 2. The monoisotopic (exact) mass is 359 g/mol. The molecule has 1 aromatic carbocycles. The number of carbonyl (C=O) groups excluding carboxylic acids is 1. The van der Waals surface area contributed by atoms with Gasteiger partial charge in [0.25, 0.3) is 0 Å². The lowest BCUT2D eigenvalue weighted by Crippen LogP contribution is -2.34. The summed E-state index contributed by atoms with van der Waals surface area (Å²) in [6, 6.07) is 5.90. The van der Waals surface area contributed by atoms with Crippen molar-refractivity contribution in [3.05, 3.63) is 34.8 Å². The van der Waals surface area contributed by atoms with E-state index in [0.717, 1.165) is 49.3 Å². The van der Waals surface area contributed by atoms with Crippen molar-refractivity contribution in [1.29, 1.82) is 0 Å². The first kappa shape index (κ1) is 16.2. The number of likely N-dealkylation sites (tertiary alicyclic amines) is 1. The molecule has 1 saturated heterocycles. The molecule has 6 nitrogen and oxygen atoms in total. The van der Waals surface area contributed by atoms with Crippen molar-refractivity contribution in [2.75, 3.05) is 18.7 Å². The van der Waals surface area contributed by atoms with Gasteiger partial charge in [0.05, 0.1) is 6.04 Å². The molecule has 1 atom stereocenters. The molecule has 0 aliphatic carbocycles. The van der Waals surface area contributed by atoms with Crippen LogP contribution in [0.2, 0.25) is 0 Å². The van der Waals surface area contributed by atoms with E-state index in [1.54, 1.807) is 11.3 Å². The van der Waals surface area contributed by atoms with Gasteiger partial charge in [0.15, 0.2) is 16.6 Å². The number of hydrogen-bond acceptors (Lipinski definition) is 5. The van der Waals surface area contributed by atoms with Crippen molar-refractivity contribution in [3.8, 4) is 11.5 Å². The minimum atomic E-state index is -0.0856. The fourth-order valence-electron chi connectivity index (χ4n) is 3.37. The van der Waals surface area contributed by atoms with Crippen molar-refractivity contribution in [2.45, 2.75) is 38.6 Å². The van der Waals surface area contributed by atoms with Gasteiger partial charge in [-0.05, 0) is 37.0 Å². The van der Waals surface area contributed by atoms with Crippen LogP contribution >= 0.6 is 11.3 Å². The molecule has 1 unspecified atom stereocenters. The maximum atomic E-state index is 12.7. The van der Waals surface area contributed by atoms with Gasteiger partial charge in [0, 0.05) is 17.6 Å². The highest BCUT2D eigenvalue weighted by molar-refractivity contribution is 7.15. The maximum Gasteiger partial charge on any atom is 0.324 e. The van der Waals surface area contributed by atoms with Crippen molar-refractivity contribution in [1.82, 2.24) is 9.88 Å². The highest BCUT2D eigenvalue weighted by atomic mass is 32.1. The first-order valence-electron chi connectivity index (χ1n) is 8.66. The van der Waals surface area contributed by atoms with E-state index in [9.17, 15) is 4.79 Å². The lowest BCUT2D eigenvalue weighted by atomic mass is 10.0. The van der Waals surface area contributed by atoms with Crippen LogP contribution in [0.5, 0.6) is 11.5 Å². The van der Waals surface area contributed by atoms with E-state index in [0.29, 0.717) is 5.13 Å². The highest BCUT2D eigenvalue weighted by Gasteiger charge is 2.31. The van der Waals surface area contributed by atoms with Gasteiger partial charge in [-0.15, -0.1) is 11.3 Å².